The van der Waals surface area contributed by atoms with E-state index in [2.05, 4.69) is 15.3 Å². The molecule has 0 aliphatic heterocycles. The van der Waals surface area contributed by atoms with Crippen molar-refractivity contribution in [3.63, 3.8) is 0 Å². The molecule has 2 rings (SSSR count). The van der Waals surface area contributed by atoms with Crippen molar-refractivity contribution in [1.29, 1.82) is 0 Å². The Morgan fingerprint density at radius 1 is 1.15 bits per heavy atom. The van der Waals surface area contributed by atoms with E-state index in [1.54, 1.807) is 0 Å². The first-order chi connectivity index (χ1) is 9.70. The minimum absolute atomic E-state index is 0.103. The number of aromatic nitrogens is 2. The molecule has 0 aliphatic carbocycles. The number of hydrogen-bond acceptors (Lipinski definition) is 4. The van der Waals surface area contributed by atoms with Crippen LogP contribution in [0.25, 0.3) is 11.0 Å². The van der Waals surface area contributed by atoms with Crippen molar-refractivity contribution >= 4 is 34.4 Å². The van der Waals surface area contributed by atoms with E-state index in [9.17, 15) is 4.79 Å². The molecule has 1 amide bonds. The zero-order valence-corrected chi connectivity index (χ0v) is 11.9. The van der Waals surface area contributed by atoms with E-state index in [1.807, 2.05) is 24.3 Å². The topological polar surface area (TPSA) is 80.9 Å². The van der Waals surface area contributed by atoms with Crippen molar-refractivity contribution in [1.82, 2.24) is 9.97 Å². The quantitative estimate of drug-likeness (QED) is 0.802. The predicted octanol–water partition coefficient (Wildman–Crippen LogP) is 2.74. The summed E-state index contributed by atoms with van der Waals surface area (Å²) >= 11 is 6.03. The van der Waals surface area contributed by atoms with Crippen LogP contribution in [0.1, 0.15) is 25.7 Å². The molecule has 0 spiro atoms. The number of amides is 1. The first-order valence-electron chi connectivity index (χ1n) is 6.63. The molecule has 1 aromatic carbocycles. The van der Waals surface area contributed by atoms with Gasteiger partial charge in [0.05, 0.1) is 11.0 Å². The SMILES string of the molecule is NCCCCCC(=O)Nc1nc2ccccc2nc1Cl. The van der Waals surface area contributed by atoms with Gasteiger partial charge < -0.3 is 11.1 Å². The summed E-state index contributed by atoms with van der Waals surface area (Å²) in [5.74, 6) is 0.211. The van der Waals surface area contributed by atoms with Crippen LogP contribution in [0.2, 0.25) is 5.15 Å². The van der Waals surface area contributed by atoms with Gasteiger partial charge in [-0.05, 0) is 31.5 Å². The normalized spacial score (nSPS) is 10.7. The third-order valence-electron chi connectivity index (χ3n) is 2.89. The maximum absolute atomic E-state index is 11.8. The Kier molecular flexibility index (Phi) is 5.26. The van der Waals surface area contributed by atoms with Crippen LogP contribution >= 0.6 is 11.6 Å². The summed E-state index contributed by atoms with van der Waals surface area (Å²) in [5, 5.41) is 2.91. The van der Waals surface area contributed by atoms with Gasteiger partial charge in [0, 0.05) is 6.42 Å². The molecule has 0 fully saturated rings. The molecule has 20 heavy (non-hydrogen) atoms. The number of hydrogen-bond donors (Lipinski definition) is 2. The van der Waals surface area contributed by atoms with Crippen LogP contribution < -0.4 is 11.1 Å². The van der Waals surface area contributed by atoms with Crippen molar-refractivity contribution in [2.75, 3.05) is 11.9 Å². The van der Waals surface area contributed by atoms with Crippen molar-refractivity contribution in [2.45, 2.75) is 25.7 Å². The third kappa shape index (κ3) is 3.88. The van der Waals surface area contributed by atoms with Gasteiger partial charge in [0.15, 0.2) is 11.0 Å². The summed E-state index contributed by atoms with van der Waals surface area (Å²) in [5.41, 5.74) is 6.82. The Hall–Kier alpha value is -1.72. The number of rotatable bonds is 6. The molecule has 1 heterocycles. The molecule has 5 nitrogen and oxygen atoms in total. The standard InChI is InChI=1S/C14H17ClN4O/c15-13-14(19-12(20)8-2-1-5-9-16)18-11-7-4-3-6-10(11)17-13/h3-4,6-7H,1-2,5,8-9,16H2,(H,18,19,20). The van der Waals surface area contributed by atoms with E-state index in [-0.39, 0.29) is 11.1 Å². The number of anilines is 1. The lowest BCUT2D eigenvalue weighted by atomic mass is 10.2. The fourth-order valence-corrected chi connectivity index (χ4v) is 2.04. The smallest absolute Gasteiger partial charge is 0.225 e. The molecular formula is C14H17ClN4O. The highest BCUT2D eigenvalue weighted by Gasteiger charge is 2.09. The summed E-state index contributed by atoms with van der Waals surface area (Å²) in [6, 6.07) is 7.38. The van der Waals surface area contributed by atoms with Crippen LogP contribution in [-0.4, -0.2) is 22.4 Å². The van der Waals surface area contributed by atoms with Crippen molar-refractivity contribution < 1.29 is 4.79 Å². The third-order valence-corrected chi connectivity index (χ3v) is 3.16. The number of fused-ring (bicyclic) bond motifs is 1. The molecule has 0 saturated heterocycles. The van der Waals surface area contributed by atoms with E-state index in [0.717, 1.165) is 19.3 Å². The lowest BCUT2D eigenvalue weighted by Crippen LogP contribution is -2.13. The number of carbonyl (C=O) groups excluding carboxylic acids is 1. The van der Waals surface area contributed by atoms with Gasteiger partial charge >= 0.3 is 0 Å². The Labute approximate surface area is 122 Å². The van der Waals surface area contributed by atoms with Gasteiger partial charge in [-0.2, -0.15) is 0 Å². The molecule has 0 radical (unpaired) electrons. The Morgan fingerprint density at radius 3 is 2.55 bits per heavy atom. The van der Waals surface area contributed by atoms with Crippen molar-refractivity contribution in [3.05, 3.63) is 29.4 Å². The first kappa shape index (κ1) is 14.7. The molecular weight excluding hydrogens is 276 g/mol. The van der Waals surface area contributed by atoms with E-state index < -0.39 is 0 Å². The fraction of sp³-hybridized carbons (Fsp3) is 0.357. The van der Waals surface area contributed by atoms with Gasteiger partial charge in [0.1, 0.15) is 0 Å². The second-order valence-electron chi connectivity index (χ2n) is 4.50. The Morgan fingerprint density at radius 2 is 1.85 bits per heavy atom. The summed E-state index contributed by atoms with van der Waals surface area (Å²) in [4.78, 5) is 20.3. The second kappa shape index (κ2) is 7.17. The first-order valence-corrected chi connectivity index (χ1v) is 7.00. The predicted molar refractivity (Wildman–Crippen MR) is 80.7 cm³/mol. The summed E-state index contributed by atoms with van der Waals surface area (Å²) in [6.07, 6.45) is 3.12. The van der Waals surface area contributed by atoms with Crippen LogP contribution in [-0.2, 0) is 4.79 Å². The van der Waals surface area contributed by atoms with E-state index >= 15 is 0 Å². The number of nitrogens with one attached hydrogen (secondary N) is 1. The zero-order chi connectivity index (χ0) is 14.4. The molecule has 2 aromatic rings. The van der Waals surface area contributed by atoms with Crippen molar-refractivity contribution in [2.24, 2.45) is 5.73 Å². The highest BCUT2D eigenvalue weighted by atomic mass is 35.5. The number of carbonyl (C=O) groups is 1. The fourth-order valence-electron chi connectivity index (χ4n) is 1.86. The Balaban J connectivity index is 2.01. The number of benzene rings is 1. The molecule has 0 saturated carbocycles. The number of nitrogens with two attached hydrogens (primary N) is 1. The number of halogens is 1. The number of unbranched alkanes of at least 4 members (excludes halogenated alkanes) is 2. The molecule has 0 atom stereocenters. The van der Waals surface area contributed by atoms with Crippen LogP contribution in [0.15, 0.2) is 24.3 Å². The highest BCUT2D eigenvalue weighted by Crippen LogP contribution is 2.21. The van der Waals surface area contributed by atoms with Crippen LogP contribution in [0.5, 0.6) is 0 Å². The summed E-state index contributed by atoms with van der Waals surface area (Å²) < 4.78 is 0. The molecule has 1 aromatic heterocycles. The number of nitrogens with zero attached hydrogens (tertiary/aromatic N) is 2. The highest BCUT2D eigenvalue weighted by molar-refractivity contribution is 6.32. The van der Waals surface area contributed by atoms with Crippen LogP contribution in [0.3, 0.4) is 0 Å². The van der Waals surface area contributed by atoms with Gasteiger partial charge in [-0.1, -0.05) is 30.2 Å². The lowest BCUT2D eigenvalue weighted by molar-refractivity contribution is -0.116. The molecule has 0 aliphatic rings. The minimum atomic E-state index is -0.103. The average molecular weight is 293 g/mol. The molecule has 0 bridgehead atoms. The van der Waals surface area contributed by atoms with Gasteiger partial charge in [-0.15, -0.1) is 0 Å². The van der Waals surface area contributed by atoms with Gasteiger partial charge in [0.25, 0.3) is 0 Å². The van der Waals surface area contributed by atoms with Gasteiger partial charge in [-0.3, -0.25) is 4.79 Å². The monoisotopic (exact) mass is 292 g/mol. The molecule has 6 heteroatoms. The summed E-state index contributed by atoms with van der Waals surface area (Å²) in [7, 11) is 0. The van der Waals surface area contributed by atoms with E-state index in [4.69, 9.17) is 17.3 Å². The zero-order valence-electron chi connectivity index (χ0n) is 11.1. The molecule has 3 N–H and O–H groups in total. The van der Waals surface area contributed by atoms with Crippen molar-refractivity contribution in [3.8, 4) is 0 Å². The van der Waals surface area contributed by atoms with Gasteiger partial charge in [-0.25, -0.2) is 9.97 Å². The van der Waals surface area contributed by atoms with Gasteiger partial charge in [0.2, 0.25) is 5.91 Å². The Bertz CT molecular complexity index is 603. The summed E-state index contributed by atoms with van der Waals surface area (Å²) in [6.45, 7) is 0.656. The molecule has 106 valence electrons. The van der Waals surface area contributed by atoms with Crippen LogP contribution in [0, 0.1) is 0 Å². The average Bonchev–Trinajstić information content (AvgIpc) is 2.44. The molecule has 0 unspecified atom stereocenters. The van der Waals surface area contributed by atoms with E-state index in [0.29, 0.717) is 29.8 Å². The van der Waals surface area contributed by atoms with E-state index in [1.165, 1.54) is 0 Å². The maximum atomic E-state index is 11.8. The minimum Gasteiger partial charge on any atom is -0.330 e. The maximum Gasteiger partial charge on any atom is 0.225 e. The lowest BCUT2D eigenvalue weighted by Gasteiger charge is -2.07. The van der Waals surface area contributed by atoms with Crippen LogP contribution in [0.4, 0.5) is 5.82 Å². The largest absolute Gasteiger partial charge is 0.330 e. The number of para-hydroxylation sites is 2. The second-order valence-corrected chi connectivity index (χ2v) is 4.86.